The van der Waals surface area contributed by atoms with Crippen LogP contribution in [0.4, 0.5) is 0 Å². The van der Waals surface area contributed by atoms with Gasteiger partial charge in [0.2, 0.25) is 0 Å². The van der Waals surface area contributed by atoms with Crippen molar-refractivity contribution in [2.24, 2.45) is 0 Å². The van der Waals surface area contributed by atoms with Gasteiger partial charge in [-0.25, -0.2) is 4.98 Å². The molecule has 0 saturated heterocycles. The van der Waals surface area contributed by atoms with Crippen LogP contribution in [0.2, 0.25) is 0 Å². The fourth-order valence-corrected chi connectivity index (χ4v) is 4.00. The molecule has 1 aromatic heterocycles. The second-order valence-electron chi connectivity index (χ2n) is 8.15. The fourth-order valence-electron chi connectivity index (χ4n) is 4.00. The lowest BCUT2D eigenvalue weighted by Gasteiger charge is -2.25. The number of aryl methyl sites for hydroxylation is 2. The van der Waals surface area contributed by atoms with Crippen molar-refractivity contribution in [3.8, 4) is 5.75 Å². The molecule has 1 aliphatic rings. The van der Waals surface area contributed by atoms with Crippen molar-refractivity contribution in [2.75, 3.05) is 19.7 Å². The highest BCUT2D eigenvalue weighted by Crippen LogP contribution is 2.22. The number of aromatic nitrogens is 2. The lowest BCUT2D eigenvalue weighted by Crippen LogP contribution is -2.38. The van der Waals surface area contributed by atoms with Crippen molar-refractivity contribution in [2.45, 2.75) is 44.8 Å². The molecule has 4 rings (SSSR count). The molecule has 0 saturated carbocycles. The summed E-state index contributed by atoms with van der Waals surface area (Å²) < 4.78 is 5.77. The molecular formula is C24H29N3O4. The summed E-state index contributed by atoms with van der Waals surface area (Å²) in [6.07, 6.45) is 0.869. The number of para-hydroxylation sites is 1. The van der Waals surface area contributed by atoms with E-state index in [2.05, 4.69) is 9.97 Å². The normalized spacial score (nSPS) is 20.8. The van der Waals surface area contributed by atoms with Gasteiger partial charge >= 0.3 is 0 Å². The Balaban J connectivity index is 1.52. The van der Waals surface area contributed by atoms with Gasteiger partial charge < -0.3 is 24.8 Å². The molecule has 7 heteroatoms. The Hall–Kier alpha value is -2.90. The number of hydrogen-bond donors (Lipinski definition) is 3. The molecule has 0 spiro atoms. The second kappa shape index (κ2) is 9.49. The maximum Gasteiger partial charge on any atom is 0.253 e. The average Bonchev–Trinajstić information content (AvgIpc) is 3.15. The number of nitrogens with one attached hydrogen (secondary N) is 1. The van der Waals surface area contributed by atoms with E-state index in [0.717, 1.165) is 47.4 Å². The number of fused-ring (bicyclic) bond motifs is 2. The SMILES string of the molecule is Cc1nc2ccc(C(=O)N3CCCCc4ccccc4OC[C@@H](O)[C@@H](O)CC3)cc2[nH]1. The molecule has 2 heterocycles. The van der Waals surface area contributed by atoms with E-state index in [-0.39, 0.29) is 18.9 Å². The average molecular weight is 424 g/mol. The van der Waals surface area contributed by atoms with Crippen LogP contribution in [0.1, 0.15) is 41.0 Å². The third kappa shape index (κ3) is 5.06. The number of aliphatic hydroxyl groups is 2. The third-order valence-electron chi connectivity index (χ3n) is 5.78. The number of carbonyl (C=O) groups excluding carboxylic acids is 1. The van der Waals surface area contributed by atoms with Crippen molar-refractivity contribution in [3.05, 3.63) is 59.4 Å². The fraction of sp³-hybridized carbons (Fsp3) is 0.417. The Morgan fingerprint density at radius 3 is 2.84 bits per heavy atom. The Labute approximate surface area is 181 Å². The number of nitrogens with zero attached hydrogens (tertiary/aromatic N) is 2. The summed E-state index contributed by atoms with van der Waals surface area (Å²) in [5.41, 5.74) is 3.32. The lowest BCUT2D eigenvalue weighted by atomic mass is 10.1. The molecule has 1 amide bonds. The zero-order valence-electron chi connectivity index (χ0n) is 17.8. The Bertz CT molecular complexity index is 1050. The molecule has 2 aromatic carbocycles. The highest BCUT2D eigenvalue weighted by molar-refractivity contribution is 5.97. The number of ether oxygens (including phenoxy) is 1. The molecule has 0 radical (unpaired) electrons. The summed E-state index contributed by atoms with van der Waals surface area (Å²) in [5.74, 6) is 1.47. The first kappa shape index (κ1) is 21.3. The van der Waals surface area contributed by atoms with Gasteiger partial charge in [-0.1, -0.05) is 18.2 Å². The molecule has 1 aliphatic heterocycles. The minimum absolute atomic E-state index is 0.0158. The zero-order valence-corrected chi connectivity index (χ0v) is 17.8. The van der Waals surface area contributed by atoms with Crippen LogP contribution >= 0.6 is 0 Å². The standard InChI is InChI=1S/C24H29N3O4/c1-16-25-19-10-9-18(14-20(19)26-16)24(30)27-12-5-4-7-17-6-2-3-8-23(17)31-15-22(29)21(28)11-13-27/h2-3,6,8-10,14,21-22,28-29H,4-5,7,11-13,15H2,1H3,(H,25,26)/t21-,22+/m0/s1. The molecule has 0 fully saturated rings. The zero-order chi connectivity index (χ0) is 21.8. The third-order valence-corrected chi connectivity index (χ3v) is 5.78. The first-order valence-electron chi connectivity index (χ1n) is 10.8. The van der Waals surface area contributed by atoms with E-state index in [1.54, 1.807) is 11.0 Å². The van der Waals surface area contributed by atoms with Gasteiger partial charge in [0, 0.05) is 18.7 Å². The number of aliphatic hydroxyl groups excluding tert-OH is 2. The number of hydrogen-bond acceptors (Lipinski definition) is 5. The summed E-state index contributed by atoms with van der Waals surface area (Å²) in [4.78, 5) is 22.6. The molecular weight excluding hydrogens is 394 g/mol. The van der Waals surface area contributed by atoms with Crippen LogP contribution in [0.5, 0.6) is 5.75 Å². The highest BCUT2D eigenvalue weighted by Gasteiger charge is 2.22. The van der Waals surface area contributed by atoms with Crippen molar-refractivity contribution < 1.29 is 19.7 Å². The van der Waals surface area contributed by atoms with E-state index < -0.39 is 12.2 Å². The first-order chi connectivity index (χ1) is 15.0. The van der Waals surface area contributed by atoms with E-state index >= 15 is 0 Å². The number of carbonyl (C=O) groups is 1. The summed E-state index contributed by atoms with van der Waals surface area (Å²) in [5, 5.41) is 20.7. The molecule has 164 valence electrons. The van der Waals surface area contributed by atoms with Crippen LogP contribution in [0.3, 0.4) is 0 Å². The van der Waals surface area contributed by atoms with Gasteiger partial charge in [-0.2, -0.15) is 0 Å². The highest BCUT2D eigenvalue weighted by atomic mass is 16.5. The maximum absolute atomic E-state index is 13.2. The van der Waals surface area contributed by atoms with Crippen molar-refractivity contribution >= 4 is 16.9 Å². The van der Waals surface area contributed by atoms with Crippen LogP contribution in [0, 0.1) is 6.92 Å². The number of amides is 1. The smallest absolute Gasteiger partial charge is 0.253 e. The Morgan fingerprint density at radius 1 is 1.13 bits per heavy atom. The molecule has 3 N–H and O–H groups in total. The monoisotopic (exact) mass is 423 g/mol. The number of H-pyrrole nitrogens is 1. The van der Waals surface area contributed by atoms with Gasteiger partial charge in [-0.15, -0.1) is 0 Å². The number of rotatable bonds is 1. The van der Waals surface area contributed by atoms with Gasteiger partial charge in [0.05, 0.1) is 17.1 Å². The van der Waals surface area contributed by atoms with Crippen LogP contribution in [-0.2, 0) is 6.42 Å². The number of imidazole rings is 1. The topological polar surface area (TPSA) is 98.7 Å². The summed E-state index contributed by atoms with van der Waals surface area (Å²) in [6, 6.07) is 13.2. The van der Waals surface area contributed by atoms with Crippen molar-refractivity contribution in [1.29, 1.82) is 0 Å². The lowest BCUT2D eigenvalue weighted by molar-refractivity contribution is -0.0150. The van der Waals surface area contributed by atoms with Crippen LogP contribution in [-0.4, -0.2) is 62.9 Å². The predicted molar refractivity (Wildman–Crippen MR) is 118 cm³/mol. The molecule has 31 heavy (non-hydrogen) atoms. The van der Waals surface area contributed by atoms with E-state index in [4.69, 9.17) is 4.74 Å². The minimum atomic E-state index is -1.02. The van der Waals surface area contributed by atoms with Gasteiger partial charge in [0.25, 0.3) is 5.91 Å². The van der Waals surface area contributed by atoms with Gasteiger partial charge in [-0.05, 0) is 62.4 Å². The van der Waals surface area contributed by atoms with Gasteiger partial charge in [-0.3, -0.25) is 4.79 Å². The number of aromatic amines is 1. The van der Waals surface area contributed by atoms with E-state index in [9.17, 15) is 15.0 Å². The molecule has 0 bridgehead atoms. The van der Waals surface area contributed by atoms with Crippen molar-refractivity contribution in [1.82, 2.24) is 14.9 Å². The van der Waals surface area contributed by atoms with Gasteiger partial charge in [0.15, 0.2) is 0 Å². The van der Waals surface area contributed by atoms with Crippen LogP contribution in [0.15, 0.2) is 42.5 Å². The summed E-state index contributed by atoms with van der Waals surface area (Å²) >= 11 is 0. The summed E-state index contributed by atoms with van der Waals surface area (Å²) in [7, 11) is 0. The van der Waals surface area contributed by atoms with Crippen LogP contribution in [0.25, 0.3) is 11.0 Å². The van der Waals surface area contributed by atoms with E-state index in [0.29, 0.717) is 18.7 Å². The van der Waals surface area contributed by atoms with Crippen LogP contribution < -0.4 is 4.74 Å². The van der Waals surface area contributed by atoms with E-state index in [1.165, 1.54) is 0 Å². The Morgan fingerprint density at radius 2 is 1.97 bits per heavy atom. The summed E-state index contributed by atoms with van der Waals surface area (Å²) in [6.45, 7) is 2.85. The molecule has 2 atom stereocenters. The van der Waals surface area contributed by atoms with Crippen molar-refractivity contribution in [3.63, 3.8) is 0 Å². The largest absolute Gasteiger partial charge is 0.491 e. The quantitative estimate of drug-likeness (QED) is 0.559. The van der Waals surface area contributed by atoms with Gasteiger partial charge in [0.1, 0.15) is 24.3 Å². The second-order valence-corrected chi connectivity index (χ2v) is 8.15. The minimum Gasteiger partial charge on any atom is -0.491 e. The maximum atomic E-state index is 13.2. The Kier molecular flexibility index (Phi) is 6.53. The molecule has 7 nitrogen and oxygen atoms in total. The predicted octanol–water partition coefficient (Wildman–Crippen LogP) is 2.84. The molecule has 0 aliphatic carbocycles. The first-order valence-corrected chi connectivity index (χ1v) is 10.8. The molecule has 3 aromatic rings. The van der Waals surface area contributed by atoms with E-state index in [1.807, 2.05) is 43.3 Å². The number of benzene rings is 2. The molecule has 0 unspecified atom stereocenters.